The summed E-state index contributed by atoms with van der Waals surface area (Å²) in [6.45, 7) is 0.0778. The van der Waals surface area contributed by atoms with Gasteiger partial charge >= 0.3 is 0 Å². The number of benzene rings is 2. The summed E-state index contributed by atoms with van der Waals surface area (Å²) < 4.78 is 13.1. The van der Waals surface area contributed by atoms with Crippen molar-refractivity contribution >= 4 is 0 Å². The Morgan fingerprint density at radius 1 is 1.00 bits per heavy atom. The van der Waals surface area contributed by atoms with Crippen LogP contribution < -0.4 is 0 Å². The Morgan fingerprint density at radius 2 is 1.78 bits per heavy atom. The number of halogens is 1. The molecule has 18 heavy (non-hydrogen) atoms. The normalized spacial score (nSPS) is 9.67. The summed E-state index contributed by atoms with van der Waals surface area (Å²) in [5.74, 6) is 5.57. The van der Waals surface area contributed by atoms with Crippen LogP contribution in [0.5, 0.6) is 0 Å². The van der Waals surface area contributed by atoms with Gasteiger partial charge in [-0.2, -0.15) is 0 Å². The van der Waals surface area contributed by atoms with Gasteiger partial charge in [-0.3, -0.25) is 0 Å². The Labute approximate surface area is 106 Å². The molecule has 0 heterocycles. The fraction of sp³-hybridized carbons (Fsp3) is 0.125. The average molecular weight is 240 g/mol. The summed E-state index contributed by atoms with van der Waals surface area (Å²) in [6.07, 6.45) is 0.478. The Kier molecular flexibility index (Phi) is 4.11. The van der Waals surface area contributed by atoms with Crippen LogP contribution in [-0.2, 0) is 0 Å². The summed E-state index contributed by atoms with van der Waals surface area (Å²) >= 11 is 0. The van der Waals surface area contributed by atoms with Crippen LogP contribution in [0.4, 0.5) is 4.39 Å². The van der Waals surface area contributed by atoms with Gasteiger partial charge in [0.05, 0.1) is 6.61 Å². The minimum atomic E-state index is -0.237. The Morgan fingerprint density at radius 3 is 2.44 bits per heavy atom. The second kappa shape index (κ2) is 6.00. The van der Waals surface area contributed by atoms with Crippen molar-refractivity contribution in [3.63, 3.8) is 0 Å². The van der Waals surface area contributed by atoms with Crippen LogP contribution in [0.15, 0.2) is 48.5 Å². The van der Waals surface area contributed by atoms with Crippen LogP contribution in [0.1, 0.15) is 12.0 Å². The third-order valence-corrected chi connectivity index (χ3v) is 2.51. The maximum Gasteiger partial charge on any atom is 0.123 e. The third-order valence-electron chi connectivity index (χ3n) is 2.51. The molecular formula is C16H13FO. The molecule has 0 spiro atoms. The van der Waals surface area contributed by atoms with Gasteiger partial charge < -0.3 is 5.11 Å². The molecule has 0 saturated carbocycles. The number of hydrogen-bond donors (Lipinski definition) is 1. The highest BCUT2D eigenvalue weighted by Gasteiger charge is 1.98. The number of aliphatic hydroxyl groups excluding tert-OH is 1. The molecule has 0 amide bonds. The van der Waals surface area contributed by atoms with E-state index < -0.39 is 0 Å². The molecule has 2 aromatic carbocycles. The van der Waals surface area contributed by atoms with E-state index in [-0.39, 0.29) is 12.4 Å². The van der Waals surface area contributed by atoms with Crippen molar-refractivity contribution in [2.45, 2.75) is 6.42 Å². The Bertz CT molecular complexity index is 576. The van der Waals surface area contributed by atoms with E-state index in [1.165, 1.54) is 12.1 Å². The van der Waals surface area contributed by atoms with Crippen LogP contribution in [-0.4, -0.2) is 11.7 Å². The first-order valence-electron chi connectivity index (χ1n) is 5.75. The van der Waals surface area contributed by atoms with Gasteiger partial charge in [-0.05, 0) is 35.4 Å². The highest BCUT2D eigenvalue weighted by molar-refractivity contribution is 5.64. The molecule has 0 unspecified atom stereocenters. The lowest BCUT2D eigenvalue weighted by molar-refractivity contribution is 0.305. The predicted molar refractivity (Wildman–Crippen MR) is 70.4 cm³/mol. The van der Waals surface area contributed by atoms with E-state index in [9.17, 15) is 4.39 Å². The number of aliphatic hydroxyl groups is 1. The molecule has 2 rings (SSSR count). The van der Waals surface area contributed by atoms with Crippen molar-refractivity contribution < 1.29 is 9.50 Å². The second-order valence-corrected chi connectivity index (χ2v) is 3.86. The van der Waals surface area contributed by atoms with Crippen molar-refractivity contribution in [1.29, 1.82) is 0 Å². The minimum Gasteiger partial charge on any atom is -0.395 e. The fourth-order valence-corrected chi connectivity index (χ4v) is 1.63. The summed E-state index contributed by atoms with van der Waals surface area (Å²) in [5.41, 5.74) is 2.70. The monoisotopic (exact) mass is 240 g/mol. The second-order valence-electron chi connectivity index (χ2n) is 3.86. The molecule has 0 radical (unpaired) electrons. The zero-order valence-electron chi connectivity index (χ0n) is 9.86. The van der Waals surface area contributed by atoms with Gasteiger partial charge in [0.15, 0.2) is 0 Å². The summed E-state index contributed by atoms with van der Waals surface area (Å²) in [5, 5.41) is 8.63. The standard InChI is InChI=1S/C16H13FO/c17-16-6-3-5-15(12-16)14-9-7-13(8-10-14)4-1-2-11-18/h3,5-10,12,18H,2,11H2. The molecule has 0 fully saturated rings. The first kappa shape index (κ1) is 12.3. The van der Waals surface area contributed by atoms with Gasteiger partial charge in [-0.1, -0.05) is 36.1 Å². The summed E-state index contributed by atoms with van der Waals surface area (Å²) in [4.78, 5) is 0. The van der Waals surface area contributed by atoms with Crippen LogP contribution >= 0.6 is 0 Å². The molecule has 0 aromatic heterocycles. The number of rotatable bonds is 2. The molecule has 2 heteroatoms. The fourth-order valence-electron chi connectivity index (χ4n) is 1.63. The van der Waals surface area contributed by atoms with Gasteiger partial charge in [-0.15, -0.1) is 0 Å². The van der Waals surface area contributed by atoms with Gasteiger partial charge in [-0.25, -0.2) is 4.39 Å². The van der Waals surface area contributed by atoms with E-state index in [0.29, 0.717) is 6.42 Å². The van der Waals surface area contributed by atoms with Crippen molar-refractivity contribution in [2.24, 2.45) is 0 Å². The highest BCUT2D eigenvalue weighted by Crippen LogP contribution is 2.20. The zero-order chi connectivity index (χ0) is 12.8. The van der Waals surface area contributed by atoms with Crippen molar-refractivity contribution in [2.75, 3.05) is 6.61 Å². The first-order valence-corrected chi connectivity index (χ1v) is 5.75. The molecule has 1 N–H and O–H groups in total. The van der Waals surface area contributed by atoms with E-state index in [2.05, 4.69) is 11.8 Å². The van der Waals surface area contributed by atoms with Crippen molar-refractivity contribution in [1.82, 2.24) is 0 Å². The maximum absolute atomic E-state index is 13.1. The lowest BCUT2D eigenvalue weighted by Gasteiger charge is -2.01. The van der Waals surface area contributed by atoms with Crippen LogP contribution in [0.2, 0.25) is 0 Å². The summed E-state index contributed by atoms with van der Waals surface area (Å²) in [7, 11) is 0. The molecule has 1 nitrogen and oxygen atoms in total. The molecule has 0 aliphatic rings. The molecule has 0 aliphatic carbocycles. The predicted octanol–water partition coefficient (Wildman–Crippen LogP) is 3.23. The van der Waals surface area contributed by atoms with Crippen LogP contribution in [0, 0.1) is 17.7 Å². The molecule has 0 aliphatic heterocycles. The average Bonchev–Trinajstić information content (AvgIpc) is 2.40. The Balaban J connectivity index is 2.20. The molecular weight excluding hydrogens is 227 g/mol. The first-order chi connectivity index (χ1) is 8.79. The smallest absolute Gasteiger partial charge is 0.123 e. The van der Waals surface area contributed by atoms with E-state index in [0.717, 1.165) is 16.7 Å². The van der Waals surface area contributed by atoms with Crippen LogP contribution in [0.3, 0.4) is 0 Å². The maximum atomic E-state index is 13.1. The Hall–Kier alpha value is -2.11. The van der Waals surface area contributed by atoms with Crippen molar-refractivity contribution in [3.05, 3.63) is 59.9 Å². The van der Waals surface area contributed by atoms with Gasteiger partial charge in [0.2, 0.25) is 0 Å². The SMILES string of the molecule is OCCC#Cc1ccc(-c2cccc(F)c2)cc1. The molecule has 0 saturated heterocycles. The van der Waals surface area contributed by atoms with E-state index in [1.54, 1.807) is 6.07 Å². The van der Waals surface area contributed by atoms with Gasteiger partial charge in [0.1, 0.15) is 5.82 Å². The lowest BCUT2D eigenvalue weighted by atomic mass is 10.0. The van der Waals surface area contributed by atoms with E-state index in [4.69, 9.17) is 5.11 Å². The minimum absolute atomic E-state index is 0.0778. The van der Waals surface area contributed by atoms with Crippen LogP contribution in [0.25, 0.3) is 11.1 Å². The summed E-state index contributed by atoms with van der Waals surface area (Å²) in [6, 6.07) is 14.1. The number of hydrogen-bond acceptors (Lipinski definition) is 1. The van der Waals surface area contributed by atoms with Gasteiger partial charge in [0, 0.05) is 12.0 Å². The third kappa shape index (κ3) is 3.19. The zero-order valence-corrected chi connectivity index (χ0v) is 9.86. The van der Waals surface area contributed by atoms with E-state index in [1.807, 2.05) is 30.3 Å². The molecule has 90 valence electrons. The highest BCUT2D eigenvalue weighted by atomic mass is 19.1. The topological polar surface area (TPSA) is 20.2 Å². The quantitative estimate of drug-likeness (QED) is 0.799. The van der Waals surface area contributed by atoms with Crippen molar-refractivity contribution in [3.8, 4) is 23.0 Å². The lowest BCUT2D eigenvalue weighted by Crippen LogP contribution is -1.81. The largest absolute Gasteiger partial charge is 0.395 e. The molecule has 0 bridgehead atoms. The van der Waals surface area contributed by atoms with E-state index >= 15 is 0 Å². The molecule has 2 aromatic rings. The van der Waals surface area contributed by atoms with Gasteiger partial charge in [0.25, 0.3) is 0 Å². The molecule has 0 atom stereocenters.